The van der Waals surface area contributed by atoms with E-state index in [9.17, 15) is 9.59 Å². The Bertz CT molecular complexity index is 997. The fourth-order valence-corrected chi connectivity index (χ4v) is 3.63. The van der Waals surface area contributed by atoms with Crippen LogP contribution in [-0.2, 0) is 15.0 Å². The highest BCUT2D eigenvalue weighted by Crippen LogP contribution is 2.32. The SMILES string of the molecule is CCCOc1ccc(C2=C(Nc3ccc(C(C)(C)C)cc3)C(=O)N(CC(C)C)C2=O)cc1. The standard InChI is InChI=1S/C27H34N2O3/c1-7-16-32-22-14-8-19(9-15-22)23-24(26(31)29(25(23)30)17-18(2)3)28-21-12-10-20(11-13-21)27(4,5)6/h8-15,18,28H,7,16-17H2,1-6H3. The molecule has 2 amide bonds. The average molecular weight is 435 g/mol. The highest BCUT2D eigenvalue weighted by Gasteiger charge is 2.39. The predicted octanol–water partition coefficient (Wildman–Crippen LogP) is 5.62. The Hall–Kier alpha value is -3.08. The number of anilines is 1. The van der Waals surface area contributed by atoms with Gasteiger partial charge in [-0.3, -0.25) is 14.5 Å². The molecule has 1 heterocycles. The van der Waals surface area contributed by atoms with Crippen LogP contribution < -0.4 is 10.1 Å². The van der Waals surface area contributed by atoms with Crippen LogP contribution in [0.3, 0.4) is 0 Å². The first-order valence-electron chi connectivity index (χ1n) is 11.3. The molecular weight excluding hydrogens is 400 g/mol. The van der Waals surface area contributed by atoms with Crippen LogP contribution in [-0.4, -0.2) is 29.9 Å². The third kappa shape index (κ3) is 5.21. The van der Waals surface area contributed by atoms with Crippen molar-refractivity contribution < 1.29 is 14.3 Å². The first kappa shape index (κ1) is 23.6. The smallest absolute Gasteiger partial charge is 0.278 e. The number of rotatable bonds is 8. The first-order chi connectivity index (χ1) is 15.1. The number of benzene rings is 2. The Morgan fingerprint density at radius 3 is 2.09 bits per heavy atom. The van der Waals surface area contributed by atoms with Gasteiger partial charge in [0.05, 0.1) is 12.2 Å². The van der Waals surface area contributed by atoms with Gasteiger partial charge < -0.3 is 10.1 Å². The minimum atomic E-state index is -0.287. The van der Waals surface area contributed by atoms with Crippen LogP contribution in [0, 0.1) is 5.92 Å². The van der Waals surface area contributed by atoms with Gasteiger partial charge in [-0.15, -0.1) is 0 Å². The van der Waals surface area contributed by atoms with Crippen LogP contribution in [0.5, 0.6) is 5.75 Å². The Morgan fingerprint density at radius 2 is 1.56 bits per heavy atom. The number of hydrogen-bond acceptors (Lipinski definition) is 4. The van der Waals surface area contributed by atoms with Gasteiger partial charge in [-0.1, -0.05) is 65.8 Å². The van der Waals surface area contributed by atoms with E-state index in [4.69, 9.17) is 4.74 Å². The molecule has 5 nitrogen and oxygen atoms in total. The molecule has 0 aromatic heterocycles. The second-order valence-electron chi connectivity index (χ2n) is 9.69. The summed E-state index contributed by atoms with van der Waals surface area (Å²) in [5.74, 6) is 0.378. The average Bonchev–Trinajstić information content (AvgIpc) is 2.96. The second kappa shape index (κ2) is 9.60. The molecule has 170 valence electrons. The highest BCUT2D eigenvalue weighted by atomic mass is 16.5. The van der Waals surface area contributed by atoms with Crippen molar-refractivity contribution in [1.29, 1.82) is 0 Å². The minimum Gasteiger partial charge on any atom is -0.494 e. The highest BCUT2D eigenvalue weighted by molar-refractivity contribution is 6.36. The van der Waals surface area contributed by atoms with Crippen molar-refractivity contribution in [1.82, 2.24) is 4.90 Å². The van der Waals surface area contributed by atoms with Crippen molar-refractivity contribution in [2.24, 2.45) is 5.92 Å². The van der Waals surface area contributed by atoms with Crippen LogP contribution >= 0.6 is 0 Å². The zero-order valence-electron chi connectivity index (χ0n) is 20.0. The summed E-state index contributed by atoms with van der Waals surface area (Å²) in [7, 11) is 0. The van der Waals surface area contributed by atoms with Gasteiger partial charge in [0.25, 0.3) is 11.8 Å². The molecule has 0 aliphatic carbocycles. The van der Waals surface area contributed by atoms with E-state index in [-0.39, 0.29) is 23.1 Å². The largest absolute Gasteiger partial charge is 0.494 e. The maximum atomic E-state index is 13.3. The van der Waals surface area contributed by atoms with E-state index < -0.39 is 0 Å². The zero-order chi connectivity index (χ0) is 23.5. The molecule has 0 atom stereocenters. The monoisotopic (exact) mass is 434 g/mol. The summed E-state index contributed by atoms with van der Waals surface area (Å²) in [6, 6.07) is 15.4. The molecule has 1 aliphatic rings. The Kier molecular flexibility index (Phi) is 7.07. The van der Waals surface area contributed by atoms with E-state index >= 15 is 0 Å². The topological polar surface area (TPSA) is 58.6 Å². The van der Waals surface area contributed by atoms with Crippen LogP contribution in [0.4, 0.5) is 5.69 Å². The van der Waals surface area contributed by atoms with Crippen molar-refractivity contribution in [3.63, 3.8) is 0 Å². The van der Waals surface area contributed by atoms with Gasteiger partial charge in [-0.2, -0.15) is 0 Å². The molecular formula is C27H34N2O3. The van der Waals surface area contributed by atoms with Gasteiger partial charge in [0, 0.05) is 12.2 Å². The molecule has 0 fully saturated rings. The predicted molar refractivity (Wildman–Crippen MR) is 129 cm³/mol. The molecule has 0 unspecified atom stereocenters. The van der Waals surface area contributed by atoms with E-state index in [2.05, 4.69) is 45.1 Å². The molecule has 32 heavy (non-hydrogen) atoms. The van der Waals surface area contributed by atoms with Gasteiger partial charge in [-0.25, -0.2) is 0 Å². The lowest BCUT2D eigenvalue weighted by Gasteiger charge is -2.19. The van der Waals surface area contributed by atoms with Crippen molar-refractivity contribution in [3.05, 3.63) is 65.4 Å². The third-order valence-corrected chi connectivity index (χ3v) is 5.35. The van der Waals surface area contributed by atoms with Gasteiger partial charge in [0.1, 0.15) is 11.4 Å². The summed E-state index contributed by atoms with van der Waals surface area (Å²) in [6.07, 6.45) is 0.923. The van der Waals surface area contributed by atoms with Crippen molar-refractivity contribution in [2.45, 2.75) is 53.4 Å². The number of carbonyl (C=O) groups is 2. The molecule has 0 bridgehead atoms. The molecule has 0 saturated carbocycles. The summed E-state index contributed by atoms with van der Waals surface area (Å²) in [6.45, 7) is 13.5. The maximum Gasteiger partial charge on any atom is 0.278 e. The molecule has 0 spiro atoms. The van der Waals surface area contributed by atoms with Gasteiger partial charge in [0.15, 0.2) is 0 Å². The van der Waals surface area contributed by atoms with Crippen molar-refractivity contribution in [2.75, 3.05) is 18.5 Å². The summed E-state index contributed by atoms with van der Waals surface area (Å²) in [4.78, 5) is 27.8. The molecule has 2 aromatic carbocycles. The molecule has 1 N–H and O–H groups in total. The van der Waals surface area contributed by atoms with Crippen LogP contribution in [0.1, 0.15) is 59.1 Å². The Balaban J connectivity index is 1.97. The number of carbonyl (C=O) groups excluding carboxylic acids is 2. The minimum absolute atomic E-state index is 0.0394. The number of hydrogen-bond donors (Lipinski definition) is 1. The van der Waals surface area contributed by atoms with E-state index in [1.165, 1.54) is 10.5 Å². The fraction of sp³-hybridized carbons (Fsp3) is 0.407. The lowest BCUT2D eigenvalue weighted by Crippen LogP contribution is -2.35. The zero-order valence-corrected chi connectivity index (χ0v) is 20.0. The fourth-order valence-electron chi connectivity index (χ4n) is 3.63. The third-order valence-electron chi connectivity index (χ3n) is 5.35. The van der Waals surface area contributed by atoms with Crippen LogP contribution in [0.2, 0.25) is 0 Å². The first-order valence-corrected chi connectivity index (χ1v) is 11.3. The van der Waals surface area contributed by atoms with Crippen LogP contribution in [0.25, 0.3) is 5.57 Å². The molecule has 0 saturated heterocycles. The quantitative estimate of drug-likeness (QED) is 0.548. The molecule has 3 rings (SSSR count). The summed E-state index contributed by atoms with van der Waals surface area (Å²) in [5.41, 5.74) is 3.44. The summed E-state index contributed by atoms with van der Waals surface area (Å²) in [5, 5.41) is 3.24. The Labute approximate surface area is 191 Å². The number of amides is 2. The van der Waals surface area contributed by atoms with E-state index in [0.29, 0.717) is 30.0 Å². The maximum absolute atomic E-state index is 13.3. The van der Waals surface area contributed by atoms with Gasteiger partial charge in [-0.05, 0) is 53.1 Å². The Morgan fingerprint density at radius 1 is 0.938 bits per heavy atom. The lowest BCUT2D eigenvalue weighted by molar-refractivity contribution is -0.137. The second-order valence-corrected chi connectivity index (χ2v) is 9.69. The summed E-state index contributed by atoms with van der Waals surface area (Å²) < 4.78 is 5.66. The molecule has 2 aromatic rings. The van der Waals surface area contributed by atoms with E-state index in [1.54, 1.807) is 0 Å². The van der Waals surface area contributed by atoms with Gasteiger partial charge in [0.2, 0.25) is 0 Å². The van der Waals surface area contributed by atoms with Crippen molar-refractivity contribution in [3.8, 4) is 5.75 Å². The van der Waals surface area contributed by atoms with Gasteiger partial charge >= 0.3 is 0 Å². The van der Waals surface area contributed by atoms with E-state index in [0.717, 1.165) is 17.9 Å². The number of imide groups is 1. The molecule has 5 heteroatoms. The molecule has 0 radical (unpaired) electrons. The number of nitrogens with one attached hydrogen (secondary N) is 1. The lowest BCUT2D eigenvalue weighted by atomic mass is 9.87. The van der Waals surface area contributed by atoms with Crippen molar-refractivity contribution >= 4 is 23.1 Å². The summed E-state index contributed by atoms with van der Waals surface area (Å²) >= 11 is 0. The number of ether oxygens (including phenoxy) is 1. The number of nitrogens with zero attached hydrogens (tertiary/aromatic N) is 1. The normalized spacial score (nSPS) is 14.5. The molecule has 1 aliphatic heterocycles. The van der Waals surface area contributed by atoms with Crippen LogP contribution in [0.15, 0.2) is 54.2 Å². The van der Waals surface area contributed by atoms with E-state index in [1.807, 2.05) is 50.2 Å².